The van der Waals surface area contributed by atoms with E-state index in [1.807, 2.05) is 6.08 Å². The van der Waals surface area contributed by atoms with Crippen molar-refractivity contribution in [2.45, 2.75) is 64.9 Å². The molecule has 1 aliphatic rings. The minimum absolute atomic E-state index is 0.568. The van der Waals surface area contributed by atoms with Crippen molar-refractivity contribution in [1.82, 2.24) is 0 Å². The Labute approximate surface area is 120 Å². The van der Waals surface area contributed by atoms with E-state index in [0.29, 0.717) is 6.10 Å². The third-order valence-electron chi connectivity index (χ3n) is 4.18. The molecule has 0 spiro atoms. The minimum Gasteiger partial charge on any atom is -0.367 e. The second-order valence-electron chi connectivity index (χ2n) is 6.14. The maximum Gasteiger partial charge on any atom is 0.130 e. The van der Waals surface area contributed by atoms with Gasteiger partial charge < -0.3 is 9.22 Å². The molecule has 19 heavy (non-hydrogen) atoms. The number of allylic oxidation sites excluding steroid dienone is 1. The predicted molar refractivity (Wildman–Crippen MR) is 83.3 cm³/mol. The molecule has 1 fully saturated rings. The van der Waals surface area contributed by atoms with Crippen molar-refractivity contribution >= 4 is 0 Å². The Morgan fingerprint density at radius 1 is 1.05 bits per heavy atom. The molecule has 0 radical (unpaired) electrons. The van der Waals surface area contributed by atoms with Gasteiger partial charge in [0.15, 0.2) is 0 Å². The van der Waals surface area contributed by atoms with Gasteiger partial charge in [0, 0.05) is 0 Å². The number of unbranched alkanes of at least 4 members (excludes halogenated alkanes) is 4. The first-order valence-corrected chi connectivity index (χ1v) is 8.34. The Morgan fingerprint density at radius 3 is 2.21 bits per heavy atom. The van der Waals surface area contributed by atoms with E-state index in [0.717, 1.165) is 6.61 Å². The molecule has 2 nitrogen and oxygen atoms in total. The largest absolute Gasteiger partial charge is 0.367 e. The zero-order valence-corrected chi connectivity index (χ0v) is 13.2. The number of hydrogen-bond acceptors (Lipinski definition) is 1. The summed E-state index contributed by atoms with van der Waals surface area (Å²) < 4.78 is 6.79. The number of nitrogens with zero attached hydrogens (tertiary/aromatic N) is 1. The standard InChI is InChI=1S/C17H34NO/c1-4-7-8-9-10-11-14-18(12-5-2,13-6-3)15-17-16-19-17/h4,17H,1,5-16H2,2-3H3/q+1. The topological polar surface area (TPSA) is 12.5 Å². The van der Waals surface area contributed by atoms with E-state index in [2.05, 4.69) is 20.4 Å². The van der Waals surface area contributed by atoms with Gasteiger partial charge in [-0.1, -0.05) is 26.3 Å². The smallest absolute Gasteiger partial charge is 0.130 e. The van der Waals surface area contributed by atoms with Crippen LogP contribution in [0.25, 0.3) is 0 Å². The molecule has 1 aliphatic heterocycles. The van der Waals surface area contributed by atoms with E-state index in [1.165, 1.54) is 75.6 Å². The van der Waals surface area contributed by atoms with Crippen molar-refractivity contribution < 1.29 is 9.22 Å². The average Bonchev–Trinajstić information content (AvgIpc) is 3.18. The Morgan fingerprint density at radius 2 is 1.68 bits per heavy atom. The first kappa shape index (κ1) is 16.7. The molecule has 1 saturated heterocycles. The number of epoxide rings is 1. The lowest BCUT2D eigenvalue weighted by molar-refractivity contribution is -0.929. The first-order chi connectivity index (χ1) is 9.26. The zero-order valence-electron chi connectivity index (χ0n) is 13.2. The molecule has 0 saturated carbocycles. The number of rotatable bonds is 13. The zero-order chi connectivity index (χ0) is 14.0. The van der Waals surface area contributed by atoms with E-state index >= 15 is 0 Å². The van der Waals surface area contributed by atoms with Crippen molar-refractivity contribution in [2.24, 2.45) is 0 Å². The quantitative estimate of drug-likeness (QED) is 0.211. The van der Waals surface area contributed by atoms with Crippen LogP contribution in [0.1, 0.15) is 58.8 Å². The fourth-order valence-corrected chi connectivity index (χ4v) is 3.25. The monoisotopic (exact) mass is 268 g/mol. The van der Waals surface area contributed by atoms with Crippen LogP contribution < -0.4 is 0 Å². The van der Waals surface area contributed by atoms with Crippen molar-refractivity contribution in [3.63, 3.8) is 0 Å². The van der Waals surface area contributed by atoms with Gasteiger partial charge in [0.25, 0.3) is 0 Å². The maximum absolute atomic E-state index is 5.49. The summed E-state index contributed by atoms with van der Waals surface area (Å²) in [5, 5.41) is 0. The molecule has 0 bridgehead atoms. The Bertz CT molecular complexity index is 229. The highest BCUT2D eigenvalue weighted by Crippen LogP contribution is 2.21. The van der Waals surface area contributed by atoms with Gasteiger partial charge >= 0.3 is 0 Å². The van der Waals surface area contributed by atoms with Gasteiger partial charge in [-0.05, 0) is 38.5 Å². The summed E-state index contributed by atoms with van der Waals surface area (Å²) in [4.78, 5) is 0. The molecule has 0 aromatic heterocycles. The van der Waals surface area contributed by atoms with E-state index in [9.17, 15) is 0 Å². The van der Waals surface area contributed by atoms with Crippen LogP contribution in [0.5, 0.6) is 0 Å². The molecule has 1 unspecified atom stereocenters. The van der Waals surface area contributed by atoms with Gasteiger partial charge in [0.05, 0.1) is 26.2 Å². The number of quaternary nitrogens is 1. The van der Waals surface area contributed by atoms with Crippen molar-refractivity contribution in [3.05, 3.63) is 12.7 Å². The van der Waals surface area contributed by atoms with Crippen LogP contribution in [0, 0.1) is 0 Å². The Kier molecular flexibility index (Phi) is 8.40. The lowest BCUT2D eigenvalue weighted by Gasteiger charge is -2.38. The summed E-state index contributed by atoms with van der Waals surface area (Å²) in [6, 6.07) is 0. The van der Waals surface area contributed by atoms with Crippen LogP contribution >= 0.6 is 0 Å². The van der Waals surface area contributed by atoms with E-state index in [4.69, 9.17) is 4.74 Å². The molecule has 1 heterocycles. The van der Waals surface area contributed by atoms with Crippen LogP contribution in [-0.2, 0) is 4.74 Å². The normalized spacial score (nSPS) is 18.5. The van der Waals surface area contributed by atoms with Crippen molar-refractivity contribution in [2.75, 3.05) is 32.8 Å². The predicted octanol–water partition coefficient (Wildman–Crippen LogP) is 4.16. The molecule has 0 N–H and O–H groups in total. The molecule has 0 aromatic carbocycles. The van der Waals surface area contributed by atoms with Crippen LogP contribution in [-0.4, -0.2) is 43.4 Å². The lowest BCUT2D eigenvalue weighted by Crippen LogP contribution is -2.52. The molecule has 112 valence electrons. The summed E-state index contributed by atoms with van der Waals surface area (Å²) in [7, 11) is 0. The summed E-state index contributed by atoms with van der Waals surface area (Å²) in [5.74, 6) is 0. The second-order valence-corrected chi connectivity index (χ2v) is 6.14. The SMILES string of the molecule is C=CCCCCCC[N+](CCC)(CCC)CC1CO1. The maximum atomic E-state index is 5.49. The highest BCUT2D eigenvalue weighted by Gasteiger charge is 2.35. The highest BCUT2D eigenvalue weighted by molar-refractivity contribution is 4.69. The summed E-state index contributed by atoms with van der Waals surface area (Å²) in [5.41, 5.74) is 0. The van der Waals surface area contributed by atoms with E-state index in [-0.39, 0.29) is 0 Å². The van der Waals surface area contributed by atoms with Gasteiger partial charge in [0.2, 0.25) is 0 Å². The van der Waals surface area contributed by atoms with Crippen LogP contribution in [0.4, 0.5) is 0 Å². The van der Waals surface area contributed by atoms with Gasteiger partial charge in [-0.25, -0.2) is 0 Å². The second kappa shape index (κ2) is 9.55. The molecular formula is C17H34NO+. The highest BCUT2D eigenvalue weighted by atomic mass is 16.6. The van der Waals surface area contributed by atoms with E-state index < -0.39 is 0 Å². The van der Waals surface area contributed by atoms with E-state index in [1.54, 1.807) is 0 Å². The molecule has 1 rings (SSSR count). The van der Waals surface area contributed by atoms with Gasteiger partial charge in [-0.2, -0.15) is 0 Å². The first-order valence-electron chi connectivity index (χ1n) is 8.34. The Balaban J connectivity index is 2.31. The van der Waals surface area contributed by atoms with Crippen molar-refractivity contribution in [3.8, 4) is 0 Å². The molecule has 0 amide bonds. The third-order valence-corrected chi connectivity index (χ3v) is 4.18. The summed E-state index contributed by atoms with van der Waals surface area (Å²) >= 11 is 0. The van der Waals surface area contributed by atoms with Gasteiger partial charge in [0.1, 0.15) is 12.6 Å². The number of hydrogen-bond donors (Lipinski definition) is 0. The molecule has 2 heteroatoms. The Hall–Kier alpha value is -0.340. The van der Waals surface area contributed by atoms with Crippen molar-refractivity contribution in [1.29, 1.82) is 0 Å². The number of ether oxygens (including phenoxy) is 1. The van der Waals surface area contributed by atoms with Crippen LogP contribution in [0.3, 0.4) is 0 Å². The molecule has 1 atom stereocenters. The lowest BCUT2D eigenvalue weighted by atomic mass is 10.1. The average molecular weight is 268 g/mol. The molecule has 0 aliphatic carbocycles. The van der Waals surface area contributed by atoms with Gasteiger partial charge in [-0.3, -0.25) is 0 Å². The third kappa shape index (κ3) is 7.12. The molecular weight excluding hydrogens is 234 g/mol. The fraction of sp³-hybridized carbons (Fsp3) is 0.882. The van der Waals surface area contributed by atoms with Gasteiger partial charge in [-0.15, -0.1) is 6.58 Å². The van der Waals surface area contributed by atoms with Crippen LogP contribution in [0.2, 0.25) is 0 Å². The molecule has 0 aromatic rings. The fourth-order valence-electron chi connectivity index (χ4n) is 3.25. The minimum atomic E-state index is 0.568. The summed E-state index contributed by atoms with van der Waals surface area (Å²) in [6.07, 6.45) is 11.8. The summed E-state index contributed by atoms with van der Waals surface area (Å²) in [6.45, 7) is 14.7. The van der Waals surface area contributed by atoms with Crippen LogP contribution in [0.15, 0.2) is 12.7 Å².